The molecule has 0 saturated carbocycles. The largest absolute Gasteiger partial charge is 0.507 e. The number of hydrogen-bond acceptors (Lipinski definition) is 6. The molecule has 1 heterocycles. The van der Waals surface area contributed by atoms with E-state index in [9.17, 15) is 15.0 Å². The lowest BCUT2D eigenvalue weighted by molar-refractivity contribution is 0.333. The molecular formula is C26H28O6. The van der Waals surface area contributed by atoms with E-state index < -0.39 is 5.43 Å². The highest BCUT2D eigenvalue weighted by molar-refractivity contribution is 6.01. The summed E-state index contributed by atoms with van der Waals surface area (Å²) in [5, 5.41) is 22.3. The van der Waals surface area contributed by atoms with Crippen molar-refractivity contribution in [2.24, 2.45) is 5.41 Å². The Bertz CT molecular complexity index is 1370. The van der Waals surface area contributed by atoms with Gasteiger partial charge in [0.15, 0.2) is 11.3 Å². The number of hydrogen-bond donors (Lipinski definition) is 2. The second-order valence-electron chi connectivity index (χ2n) is 9.18. The van der Waals surface area contributed by atoms with Gasteiger partial charge in [-0.15, -0.1) is 0 Å². The fourth-order valence-corrected chi connectivity index (χ4v) is 4.35. The molecule has 1 aliphatic rings. The van der Waals surface area contributed by atoms with E-state index in [2.05, 4.69) is 19.9 Å². The molecule has 168 valence electrons. The van der Waals surface area contributed by atoms with Gasteiger partial charge in [0.25, 0.3) is 0 Å². The lowest BCUT2D eigenvalue weighted by atomic mass is 9.76. The SMILES string of the molecule is COc1cc2c(=O)c3c(O)c(CC=C(C)C)c4c(c3oc2c(O)c1OC)C=CC(C)(C)C4. The monoisotopic (exact) mass is 436 g/mol. The number of rotatable bonds is 4. The number of aromatic hydroxyl groups is 2. The van der Waals surface area contributed by atoms with E-state index in [1.54, 1.807) is 0 Å². The van der Waals surface area contributed by atoms with Gasteiger partial charge in [-0.1, -0.05) is 37.6 Å². The van der Waals surface area contributed by atoms with Gasteiger partial charge in [-0.05, 0) is 43.7 Å². The summed E-state index contributed by atoms with van der Waals surface area (Å²) in [6.45, 7) is 8.24. The zero-order valence-corrected chi connectivity index (χ0v) is 19.3. The third-order valence-electron chi connectivity index (χ3n) is 6.01. The van der Waals surface area contributed by atoms with Gasteiger partial charge in [0.05, 0.1) is 19.6 Å². The maximum atomic E-state index is 13.6. The highest BCUT2D eigenvalue weighted by Gasteiger charge is 2.30. The minimum atomic E-state index is -0.436. The predicted octanol–water partition coefficient (Wildman–Crippen LogP) is 5.48. The van der Waals surface area contributed by atoms with Gasteiger partial charge in [0.1, 0.15) is 16.7 Å². The fraction of sp³-hybridized carbons (Fsp3) is 0.346. The van der Waals surface area contributed by atoms with Crippen LogP contribution in [-0.4, -0.2) is 24.4 Å². The summed E-state index contributed by atoms with van der Waals surface area (Å²) in [6, 6.07) is 1.47. The Labute approximate surface area is 186 Å². The molecule has 6 heteroatoms. The summed E-state index contributed by atoms with van der Waals surface area (Å²) in [6.07, 6.45) is 7.25. The van der Waals surface area contributed by atoms with Gasteiger partial charge in [0, 0.05) is 11.1 Å². The summed E-state index contributed by atoms with van der Waals surface area (Å²) in [5.41, 5.74) is 3.25. The lowest BCUT2D eigenvalue weighted by Gasteiger charge is -2.29. The second kappa shape index (κ2) is 7.62. The topological polar surface area (TPSA) is 89.1 Å². The van der Waals surface area contributed by atoms with Crippen molar-refractivity contribution in [3.8, 4) is 23.0 Å². The average molecular weight is 437 g/mol. The van der Waals surface area contributed by atoms with E-state index in [-0.39, 0.29) is 50.4 Å². The first-order valence-electron chi connectivity index (χ1n) is 10.5. The summed E-state index contributed by atoms with van der Waals surface area (Å²) < 4.78 is 16.7. The Hall–Kier alpha value is -3.41. The van der Waals surface area contributed by atoms with Gasteiger partial charge < -0.3 is 24.1 Å². The van der Waals surface area contributed by atoms with Crippen molar-refractivity contribution < 1.29 is 24.1 Å². The van der Waals surface area contributed by atoms with Gasteiger partial charge in [0.2, 0.25) is 16.9 Å². The number of ether oxygens (including phenoxy) is 2. The molecule has 6 nitrogen and oxygen atoms in total. The van der Waals surface area contributed by atoms with Crippen LogP contribution >= 0.6 is 0 Å². The number of allylic oxidation sites excluding steroid dienone is 3. The molecular weight excluding hydrogens is 408 g/mol. The summed E-state index contributed by atoms with van der Waals surface area (Å²) in [5.74, 6) is -0.111. The zero-order valence-electron chi connectivity index (χ0n) is 19.3. The predicted molar refractivity (Wildman–Crippen MR) is 126 cm³/mol. The standard InChI is InChI=1S/C26H28O6/c1-13(2)7-8-14-17-12-26(3,4)10-9-15(17)23-19(20(14)27)21(28)16-11-18(30-5)25(31-6)22(29)24(16)32-23/h7,9-11,27,29H,8,12H2,1-6H3. The first-order chi connectivity index (χ1) is 15.1. The highest BCUT2D eigenvalue weighted by Crippen LogP contribution is 2.46. The van der Waals surface area contributed by atoms with Crippen molar-refractivity contribution in [2.45, 2.75) is 40.5 Å². The van der Waals surface area contributed by atoms with Crippen molar-refractivity contribution in [3.05, 3.63) is 50.7 Å². The molecule has 1 aromatic heterocycles. The Morgan fingerprint density at radius 1 is 1.16 bits per heavy atom. The first kappa shape index (κ1) is 21.8. The van der Waals surface area contributed by atoms with Crippen LogP contribution < -0.4 is 14.9 Å². The molecule has 1 aliphatic carbocycles. The highest BCUT2D eigenvalue weighted by atomic mass is 16.5. The molecule has 4 rings (SSSR count). The van der Waals surface area contributed by atoms with Crippen molar-refractivity contribution in [1.29, 1.82) is 0 Å². The van der Waals surface area contributed by atoms with Crippen molar-refractivity contribution in [3.63, 3.8) is 0 Å². The molecule has 2 N–H and O–H groups in total. The molecule has 0 unspecified atom stereocenters. The van der Waals surface area contributed by atoms with Crippen LogP contribution in [0.4, 0.5) is 0 Å². The Morgan fingerprint density at radius 2 is 1.88 bits per heavy atom. The van der Waals surface area contributed by atoms with Crippen LogP contribution in [0.3, 0.4) is 0 Å². The molecule has 0 bridgehead atoms. The van der Waals surface area contributed by atoms with E-state index in [4.69, 9.17) is 13.9 Å². The smallest absolute Gasteiger partial charge is 0.207 e. The van der Waals surface area contributed by atoms with Crippen molar-refractivity contribution in [2.75, 3.05) is 14.2 Å². The quantitative estimate of drug-likeness (QED) is 0.416. The number of benzene rings is 2. The second-order valence-corrected chi connectivity index (χ2v) is 9.18. The molecule has 0 fully saturated rings. The Balaban J connectivity index is 2.20. The number of phenolic OH excluding ortho intramolecular Hbond substituents is 2. The molecule has 0 amide bonds. The van der Waals surface area contributed by atoms with Gasteiger partial charge >= 0.3 is 0 Å². The summed E-state index contributed by atoms with van der Waals surface area (Å²) in [4.78, 5) is 13.6. The average Bonchev–Trinajstić information content (AvgIpc) is 2.72. The van der Waals surface area contributed by atoms with E-state index in [1.807, 2.05) is 26.0 Å². The molecule has 3 aromatic rings. The molecule has 0 saturated heterocycles. The third kappa shape index (κ3) is 3.30. The van der Waals surface area contributed by atoms with Crippen LogP contribution in [0.15, 0.2) is 33.0 Å². The Morgan fingerprint density at radius 3 is 2.50 bits per heavy atom. The maximum absolute atomic E-state index is 13.6. The first-order valence-corrected chi connectivity index (χ1v) is 10.5. The summed E-state index contributed by atoms with van der Waals surface area (Å²) in [7, 11) is 2.82. The molecule has 2 aromatic carbocycles. The molecule has 0 radical (unpaired) electrons. The van der Waals surface area contributed by atoms with E-state index >= 15 is 0 Å². The van der Waals surface area contributed by atoms with Crippen LogP contribution in [0.1, 0.15) is 44.4 Å². The number of fused-ring (bicyclic) bond motifs is 4. The zero-order chi connectivity index (χ0) is 23.4. The molecule has 0 atom stereocenters. The minimum absolute atomic E-state index is 0.00275. The molecule has 32 heavy (non-hydrogen) atoms. The minimum Gasteiger partial charge on any atom is -0.507 e. The number of methoxy groups -OCH3 is 2. The van der Waals surface area contributed by atoms with Crippen LogP contribution in [-0.2, 0) is 12.8 Å². The fourth-order valence-electron chi connectivity index (χ4n) is 4.35. The van der Waals surface area contributed by atoms with Gasteiger partial charge in [-0.2, -0.15) is 0 Å². The van der Waals surface area contributed by atoms with Crippen LogP contribution in [0.25, 0.3) is 28.0 Å². The van der Waals surface area contributed by atoms with Crippen molar-refractivity contribution >= 4 is 28.0 Å². The number of phenols is 2. The van der Waals surface area contributed by atoms with E-state index in [0.717, 1.165) is 22.3 Å². The van der Waals surface area contributed by atoms with Crippen LogP contribution in [0.5, 0.6) is 23.0 Å². The van der Waals surface area contributed by atoms with Gasteiger partial charge in [-0.25, -0.2) is 0 Å². The van der Waals surface area contributed by atoms with Crippen molar-refractivity contribution in [1.82, 2.24) is 0 Å². The molecule has 0 spiro atoms. The maximum Gasteiger partial charge on any atom is 0.207 e. The van der Waals surface area contributed by atoms with Gasteiger partial charge in [-0.3, -0.25) is 4.79 Å². The lowest BCUT2D eigenvalue weighted by Crippen LogP contribution is -2.18. The Kier molecular flexibility index (Phi) is 5.19. The van der Waals surface area contributed by atoms with Crippen LogP contribution in [0, 0.1) is 5.41 Å². The normalized spacial score (nSPS) is 14.4. The van der Waals surface area contributed by atoms with E-state index in [0.29, 0.717) is 12.8 Å². The molecule has 0 aliphatic heterocycles. The third-order valence-corrected chi connectivity index (χ3v) is 6.01. The van der Waals surface area contributed by atoms with E-state index in [1.165, 1.54) is 20.3 Å². The van der Waals surface area contributed by atoms with Crippen LogP contribution in [0.2, 0.25) is 0 Å². The summed E-state index contributed by atoms with van der Waals surface area (Å²) >= 11 is 0.